The second-order valence-corrected chi connectivity index (χ2v) is 6.53. The molecule has 0 aliphatic carbocycles. The van der Waals surface area contributed by atoms with E-state index in [1.165, 1.54) is 0 Å². The van der Waals surface area contributed by atoms with Gasteiger partial charge in [0, 0.05) is 25.0 Å². The Bertz CT molecular complexity index is 505. The largest absolute Gasteiger partial charge is 0.384 e. The average molecular weight is 346 g/mol. The van der Waals surface area contributed by atoms with Gasteiger partial charge in [0.25, 0.3) is 5.91 Å². The number of aromatic nitrogens is 1. The van der Waals surface area contributed by atoms with Gasteiger partial charge in [-0.1, -0.05) is 19.0 Å². The number of methoxy groups -OCH3 is 1. The molecule has 0 unspecified atom stereocenters. The van der Waals surface area contributed by atoms with Crippen LogP contribution in [0, 0.1) is 12.3 Å². The molecule has 1 aliphatic rings. The molecule has 0 bridgehead atoms. The highest BCUT2D eigenvalue weighted by atomic mass is 35.5. The number of carbonyl (C=O) groups excluding carboxylic acids is 1. The third-order valence-corrected chi connectivity index (χ3v) is 4.38. The Morgan fingerprint density at radius 3 is 2.65 bits per heavy atom. The molecule has 7 heteroatoms. The van der Waals surface area contributed by atoms with Crippen LogP contribution >= 0.6 is 12.4 Å². The van der Waals surface area contributed by atoms with Crippen LogP contribution in [0.15, 0.2) is 4.52 Å². The molecule has 132 valence electrons. The Kier molecular flexibility index (Phi) is 7.51. The molecule has 1 aromatic heterocycles. The van der Waals surface area contributed by atoms with Crippen LogP contribution in [-0.4, -0.2) is 44.4 Å². The summed E-state index contributed by atoms with van der Waals surface area (Å²) in [5.41, 5.74) is 1.24. The fourth-order valence-corrected chi connectivity index (χ4v) is 3.05. The zero-order chi connectivity index (χ0) is 16.2. The lowest BCUT2D eigenvalue weighted by atomic mass is 9.79. The van der Waals surface area contributed by atoms with E-state index in [1.54, 1.807) is 14.0 Å². The van der Waals surface area contributed by atoms with Crippen LogP contribution in [0.5, 0.6) is 0 Å². The Balaban J connectivity index is 0.00000264. The summed E-state index contributed by atoms with van der Waals surface area (Å²) in [5, 5.41) is 10.4. The lowest BCUT2D eigenvalue weighted by Gasteiger charge is -2.37. The molecule has 2 heterocycles. The van der Waals surface area contributed by atoms with Gasteiger partial charge in [-0.05, 0) is 32.9 Å². The minimum absolute atomic E-state index is 0. The fourth-order valence-electron chi connectivity index (χ4n) is 3.05. The summed E-state index contributed by atoms with van der Waals surface area (Å²) in [5.74, 6) is 0.686. The number of halogens is 1. The van der Waals surface area contributed by atoms with Gasteiger partial charge in [-0.15, -0.1) is 12.4 Å². The van der Waals surface area contributed by atoms with Gasteiger partial charge in [0.2, 0.25) is 0 Å². The van der Waals surface area contributed by atoms with Crippen molar-refractivity contribution in [2.45, 2.75) is 39.5 Å². The van der Waals surface area contributed by atoms with Crippen LogP contribution in [0.25, 0.3) is 0 Å². The predicted molar refractivity (Wildman–Crippen MR) is 91.3 cm³/mol. The SMILES string of the molecule is COCC1(CNC(=O)c2c(C)noc2C(C)C)CCNCC1.Cl. The number of piperidine rings is 1. The van der Waals surface area contributed by atoms with Crippen molar-refractivity contribution in [1.82, 2.24) is 15.8 Å². The maximum Gasteiger partial charge on any atom is 0.256 e. The van der Waals surface area contributed by atoms with Gasteiger partial charge in [0.15, 0.2) is 5.76 Å². The van der Waals surface area contributed by atoms with Crippen molar-refractivity contribution in [2.24, 2.45) is 5.41 Å². The van der Waals surface area contributed by atoms with E-state index in [4.69, 9.17) is 9.26 Å². The number of amides is 1. The van der Waals surface area contributed by atoms with Crippen molar-refractivity contribution in [2.75, 3.05) is 33.4 Å². The minimum Gasteiger partial charge on any atom is -0.384 e. The van der Waals surface area contributed by atoms with Crippen molar-refractivity contribution < 1.29 is 14.1 Å². The second-order valence-electron chi connectivity index (χ2n) is 6.53. The van der Waals surface area contributed by atoms with Crippen LogP contribution in [0.2, 0.25) is 0 Å². The van der Waals surface area contributed by atoms with Gasteiger partial charge in [0.1, 0.15) is 5.56 Å². The highest BCUT2D eigenvalue weighted by Gasteiger charge is 2.33. The summed E-state index contributed by atoms with van der Waals surface area (Å²) in [6, 6.07) is 0. The lowest BCUT2D eigenvalue weighted by Crippen LogP contribution is -2.47. The normalized spacial score (nSPS) is 16.9. The lowest BCUT2D eigenvalue weighted by molar-refractivity contribution is 0.0511. The standard InChI is InChI=1S/C16H27N3O3.ClH/c1-11(2)14-13(12(3)19-22-14)15(20)18-9-16(10-21-4)5-7-17-8-6-16;/h11,17H,5-10H2,1-4H3,(H,18,20);1H. The Labute approximate surface area is 144 Å². The van der Waals surface area contributed by atoms with Crippen molar-refractivity contribution in [3.8, 4) is 0 Å². The Morgan fingerprint density at radius 2 is 2.09 bits per heavy atom. The second kappa shape index (κ2) is 8.66. The van der Waals surface area contributed by atoms with Crippen LogP contribution in [0.1, 0.15) is 54.4 Å². The van der Waals surface area contributed by atoms with E-state index in [0.717, 1.165) is 25.9 Å². The molecule has 0 aromatic carbocycles. The van der Waals surface area contributed by atoms with Crippen LogP contribution < -0.4 is 10.6 Å². The first-order chi connectivity index (χ1) is 10.5. The van der Waals surface area contributed by atoms with Gasteiger partial charge in [-0.25, -0.2) is 0 Å². The molecule has 1 aromatic rings. The summed E-state index contributed by atoms with van der Waals surface area (Å²) < 4.78 is 10.7. The number of carbonyl (C=O) groups is 1. The predicted octanol–water partition coefficient (Wildman–Crippen LogP) is 2.27. The van der Waals surface area contributed by atoms with Crippen molar-refractivity contribution >= 4 is 18.3 Å². The van der Waals surface area contributed by atoms with E-state index in [2.05, 4.69) is 15.8 Å². The third kappa shape index (κ3) is 4.68. The van der Waals surface area contributed by atoms with Gasteiger partial charge >= 0.3 is 0 Å². The van der Waals surface area contributed by atoms with Crippen molar-refractivity contribution in [1.29, 1.82) is 0 Å². The molecule has 0 saturated carbocycles. The van der Waals surface area contributed by atoms with E-state index in [-0.39, 0.29) is 29.6 Å². The topological polar surface area (TPSA) is 76.4 Å². The van der Waals surface area contributed by atoms with E-state index < -0.39 is 0 Å². The first-order valence-corrected chi connectivity index (χ1v) is 7.93. The van der Waals surface area contributed by atoms with Gasteiger partial charge in [-0.3, -0.25) is 4.79 Å². The van der Waals surface area contributed by atoms with Gasteiger partial charge < -0.3 is 19.9 Å². The monoisotopic (exact) mass is 345 g/mol. The first-order valence-electron chi connectivity index (χ1n) is 7.93. The maximum absolute atomic E-state index is 12.6. The zero-order valence-electron chi connectivity index (χ0n) is 14.4. The van der Waals surface area contributed by atoms with E-state index in [0.29, 0.717) is 30.2 Å². The molecule has 0 atom stereocenters. The molecule has 2 N–H and O–H groups in total. The number of aryl methyl sites for hydroxylation is 1. The van der Waals surface area contributed by atoms with Gasteiger partial charge in [-0.2, -0.15) is 0 Å². The van der Waals surface area contributed by atoms with E-state index in [1.807, 2.05) is 13.8 Å². The summed E-state index contributed by atoms with van der Waals surface area (Å²) >= 11 is 0. The molecule has 1 fully saturated rings. The number of ether oxygens (including phenoxy) is 1. The number of hydrogen-bond donors (Lipinski definition) is 2. The van der Waals surface area contributed by atoms with Gasteiger partial charge in [0.05, 0.1) is 12.3 Å². The molecule has 23 heavy (non-hydrogen) atoms. The molecule has 0 spiro atoms. The first kappa shape index (κ1) is 19.9. The summed E-state index contributed by atoms with van der Waals surface area (Å²) in [6.45, 7) is 9.00. The minimum atomic E-state index is -0.100. The maximum atomic E-state index is 12.6. The van der Waals surface area contributed by atoms with Crippen LogP contribution in [0.4, 0.5) is 0 Å². The van der Waals surface area contributed by atoms with Crippen LogP contribution in [0.3, 0.4) is 0 Å². The molecular formula is C16H28ClN3O3. The zero-order valence-corrected chi connectivity index (χ0v) is 15.2. The third-order valence-electron chi connectivity index (χ3n) is 4.38. The Hall–Kier alpha value is -1.11. The van der Waals surface area contributed by atoms with Crippen molar-refractivity contribution in [3.63, 3.8) is 0 Å². The van der Waals surface area contributed by atoms with Crippen molar-refractivity contribution in [3.05, 3.63) is 17.0 Å². The number of nitrogens with zero attached hydrogens (tertiary/aromatic N) is 1. The van der Waals surface area contributed by atoms with Crippen LogP contribution in [-0.2, 0) is 4.74 Å². The summed E-state index contributed by atoms with van der Waals surface area (Å²) in [4.78, 5) is 12.6. The smallest absolute Gasteiger partial charge is 0.256 e. The molecule has 6 nitrogen and oxygen atoms in total. The molecule has 1 aliphatic heterocycles. The average Bonchev–Trinajstić information content (AvgIpc) is 2.88. The highest BCUT2D eigenvalue weighted by Crippen LogP contribution is 2.29. The summed E-state index contributed by atoms with van der Waals surface area (Å²) in [6.07, 6.45) is 2.00. The number of rotatable bonds is 6. The molecule has 0 radical (unpaired) electrons. The molecule has 2 rings (SSSR count). The van der Waals surface area contributed by atoms with E-state index in [9.17, 15) is 4.79 Å². The quantitative estimate of drug-likeness (QED) is 0.827. The highest BCUT2D eigenvalue weighted by molar-refractivity contribution is 5.96. The van der Waals surface area contributed by atoms with E-state index >= 15 is 0 Å². The fraction of sp³-hybridized carbons (Fsp3) is 0.750. The number of nitrogens with one attached hydrogen (secondary N) is 2. The Morgan fingerprint density at radius 1 is 1.43 bits per heavy atom. The molecular weight excluding hydrogens is 318 g/mol. The molecule has 1 saturated heterocycles. The number of hydrogen-bond acceptors (Lipinski definition) is 5. The summed E-state index contributed by atoms with van der Waals surface area (Å²) in [7, 11) is 1.71. The molecule has 1 amide bonds.